The summed E-state index contributed by atoms with van der Waals surface area (Å²) >= 11 is 0. The Balaban J connectivity index is 1.97. The van der Waals surface area contributed by atoms with Crippen LogP contribution in [-0.4, -0.2) is 37.1 Å². The van der Waals surface area contributed by atoms with Gasteiger partial charge in [0, 0.05) is 25.4 Å². The van der Waals surface area contributed by atoms with Crippen molar-refractivity contribution in [2.24, 2.45) is 0 Å². The summed E-state index contributed by atoms with van der Waals surface area (Å²) in [5.74, 6) is 0.137. The molecule has 1 aromatic heterocycles. The number of hydrogen-bond donors (Lipinski definition) is 1. The summed E-state index contributed by atoms with van der Waals surface area (Å²) in [4.78, 5) is 6.20. The Labute approximate surface area is 135 Å². The summed E-state index contributed by atoms with van der Waals surface area (Å²) in [5, 5.41) is 12.2. The quantitative estimate of drug-likeness (QED) is 0.851. The number of nitrogens with one attached hydrogen (secondary N) is 1. The monoisotopic (exact) mass is 314 g/mol. The van der Waals surface area contributed by atoms with Crippen molar-refractivity contribution >= 4 is 5.69 Å². The van der Waals surface area contributed by atoms with Crippen LogP contribution in [0.25, 0.3) is 0 Å². The van der Waals surface area contributed by atoms with Crippen molar-refractivity contribution in [2.45, 2.75) is 6.54 Å². The van der Waals surface area contributed by atoms with Gasteiger partial charge in [0.1, 0.15) is 18.5 Å². The molecule has 1 aromatic carbocycles. The second kappa shape index (κ2) is 8.11. The SMILES string of the molecule is CN(C)CCOc1cc(CNc2ccc(F)cc2C#N)ccn1. The van der Waals surface area contributed by atoms with E-state index in [0.29, 0.717) is 24.7 Å². The van der Waals surface area contributed by atoms with E-state index in [1.165, 1.54) is 12.1 Å². The maximum Gasteiger partial charge on any atom is 0.213 e. The topological polar surface area (TPSA) is 61.2 Å². The highest BCUT2D eigenvalue weighted by molar-refractivity contribution is 5.57. The molecule has 0 fully saturated rings. The third-order valence-corrected chi connectivity index (χ3v) is 3.17. The number of pyridine rings is 1. The zero-order chi connectivity index (χ0) is 16.7. The van der Waals surface area contributed by atoms with Gasteiger partial charge in [0.25, 0.3) is 0 Å². The molecule has 0 aliphatic rings. The minimum atomic E-state index is -0.424. The third-order valence-electron chi connectivity index (χ3n) is 3.17. The number of benzene rings is 1. The Bertz CT molecular complexity index is 697. The Morgan fingerprint density at radius 2 is 2.13 bits per heavy atom. The molecule has 0 unspecified atom stereocenters. The van der Waals surface area contributed by atoms with Gasteiger partial charge in [-0.25, -0.2) is 9.37 Å². The van der Waals surface area contributed by atoms with Crippen molar-refractivity contribution in [3.05, 3.63) is 53.5 Å². The zero-order valence-electron chi connectivity index (χ0n) is 13.2. The molecule has 1 N–H and O–H groups in total. The molecule has 2 rings (SSSR count). The molecule has 0 bridgehead atoms. The predicted molar refractivity (Wildman–Crippen MR) is 86.7 cm³/mol. The van der Waals surface area contributed by atoms with Crippen LogP contribution in [0.1, 0.15) is 11.1 Å². The maximum atomic E-state index is 13.1. The van der Waals surface area contributed by atoms with Crippen molar-refractivity contribution in [1.29, 1.82) is 5.26 Å². The molecule has 0 saturated heterocycles. The van der Waals surface area contributed by atoms with Crippen molar-refractivity contribution in [3.8, 4) is 11.9 Å². The number of ether oxygens (including phenoxy) is 1. The Kier molecular flexibility index (Phi) is 5.89. The average molecular weight is 314 g/mol. The van der Waals surface area contributed by atoms with Crippen LogP contribution in [0.5, 0.6) is 5.88 Å². The molecule has 2 aromatic rings. The van der Waals surface area contributed by atoms with E-state index in [2.05, 4.69) is 10.3 Å². The second-order valence-corrected chi connectivity index (χ2v) is 5.31. The van der Waals surface area contributed by atoms with E-state index < -0.39 is 5.82 Å². The summed E-state index contributed by atoms with van der Waals surface area (Å²) in [6, 6.07) is 9.78. The van der Waals surface area contributed by atoms with Gasteiger partial charge in [0.2, 0.25) is 5.88 Å². The van der Waals surface area contributed by atoms with E-state index >= 15 is 0 Å². The molecular formula is C17H19FN4O. The average Bonchev–Trinajstić information content (AvgIpc) is 2.53. The lowest BCUT2D eigenvalue weighted by atomic mass is 10.2. The van der Waals surface area contributed by atoms with E-state index in [4.69, 9.17) is 10.00 Å². The van der Waals surface area contributed by atoms with Gasteiger partial charge >= 0.3 is 0 Å². The predicted octanol–water partition coefficient (Wildman–Crippen LogP) is 2.64. The van der Waals surface area contributed by atoms with Gasteiger partial charge in [0.05, 0.1) is 11.3 Å². The van der Waals surface area contributed by atoms with Crippen molar-refractivity contribution < 1.29 is 9.13 Å². The van der Waals surface area contributed by atoms with Gasteiger partial charge in [-0.05, 0) is 43.9 Å². The number of likely N-dealkylation sites (N-methyl/N-ethyl adjacent to an activating group) is 1. The van der Waals surface area contributed by atoms with Crippen LogP contribution in [0.4, 0.5) is 10.1 Å². The molecule has 0 amide bonds. The smallest absolute Gasteiger partial charge is 0.213 e. The number of halogens is 1. The van der Waals surface area contributed by atoms with Crippen LogP contribution in [0.3, 0.4) is 0 Å². The molecule has 5 nitrogen and oxygen atoms in total. The minimum absolute atomic E-state index is 0.279. The Morgan fingerprint density at radius 3 is 2.87 bits per heavy atom. The summed E-state index contributed by atoms with van der Waals surface area (Å²) in [6.45, 7) is 1.87. The van der Waals surface area contributed by atoms with E-state index in [1.54, 1.807) is 12.3 Å². The first-order valence-corrected chi connectivity index (χ1v) is 7.24. The largest absolute Gasteiger partial charge is 0.476 e. The van der Waals surface area contributed by atoms with Crippen LogP contribution >= 0.6 is 0 Å². The first kappa shape index (κ1) is 16.7. The third kappa shape index (κ3) is 5.24. The molecule has 0 aliphatic carbocycles. The fraction of sp³-hybridized carbons (Fsp3) is 0.294. The normalized spacial score (nSPS) is 10.4. The molecule has 120 valence electrons. The van der Waals surface area contributed by atoms with E-state index in [-0.39, 0.29) is 5.56 Å². The first-order valence-electron chi connectivity index (χ1n) is 7.24. The number of anilines is 1. The fourth-order valence-electron chi connectivity index (χ4n) is 1.93. The summed E-state index contributed by atoms with van der Waals surface area (Å²) < 4.78 is 18.7. The lowest BCUT2D eigenvalue weighted by molar-refractivity contribution is 0.253. The Hall–Kier alpha value is -2.65. The zero-order valence-corrected chi connectivity index (χ0v) is 13.2. The number of rotatable bonds is 7. The lowest BCUT2D eigenvalue weighted by Gasteiger charge is -2.12. The molecule has 0 atom stereocenters. The molecule has 0 saturated carbocycles. The minimum Gasteiger partial charge on any atom is -0.476 e. The van der Waals surface area contributed by atoms with Gasteiger partial charge in [-0.2, -0.15) is 5.26 Å². The second-order valence-electron chi connectivity index (χ2n) is 5.31. The number of hydrogen-bond acceptors (Lipinski definition) is 5. The van der Waals surface area contributed by atoms with Crippen molar-refractivity contribution in [2.75, 3.05) is 32.6 Å². The van der Waals surface area contributed by atoms with E-state index in [0.717, 1.165) is 12.1 Å². The highest BCUT2D eigenvalue weighted by Crippen LogP contribution is 2.18. The maximum absolute atomic E-state index is 13.1. The van der Waals surface area contributed by atoms with Crippen LogP contribution in [0, 0.1) is 17.1 Å². The highest BCUT2D eigenvalue weighted by Gasteiger charge is 2.04. The van der Waals surface area contributed by atoms with E-state index in [1.807, 2.05) is 37.2 Å². The number of nitriles is 1. The van der Waals surface area contributed by atoms with Crippen molar-refractivity contribution in [3.63, 3.8) is 0 Å². The van der Waals surface area contributed by atoms with E-state index in [9.17, 15) is 4.39 Å². The van der Waals surface area contributed by atoms with Crippen LogP contribution in [0.15, 0.2) is 36.5 Å². The summed E-state index contributed by atoms with van der Waals surface area (Å²) in [7, 11) is 3.96. The molecule has 1 heterocycles. The molecular weight excluding hydrogens is 295 g/mol. The molecule has 0 aliphatic heterocycles. The highest BCUT2D eigenvalue weighted by atomic mass is 19.1. The first-order chi connectivity index (χ1) is 11.1. The molecule has 6 heteroatoms. The van der Waals surface area contributed by atoms with Crippen molar-refractivity contribution in [1.82, 2.24) is 9.88 Å². The van der Waals surface area contributed by atoms with Gasteiger partial charge in [-0.1, -0.05) is 0 Å². The number of nitrogens with zero attached hydrogens (tertiary/aromatic N) is 3. The van der Waals surface area contributed by atoms with Crippen LogP contribution < -0.4 is 10.1 Å². The summed E-state index contributed by atoms with van der Waals surface area (Å²) in [5.41, 5.74) is 1.84. The van der Waals surface area contributed by atoms with Gasteiger partial charge in [-0.15, -0.1) is 0 Å². The standard InChI is InChI=1S/C17H19FN4O/c1-22(2)7-8-23-17-9-13(5-6-20-17)12-21-16-4-3-15(18)10-14(16)11-19/h3-6,9-10,21H,7-8,12H2,1-2H3. The fourth-order valence-corrected chi connectivity index (χ4v) is 1.93. The van der Waals surface area contributed by atoms with Gasteiger partial charge in [0.15, 0.2) is 0 Å². The number of aromatic nitrogens is 1. The molecule has 23 heavy (non-hydrogen) atoms. The lowest BCUT2D eigenvalue weighted by Crippen LogP contribution is -2.19. The van der Waals surface area contributed by atoms with Crippen LogP contribution in [-0.2, 0) is 6.54 Å². The van der Waals surface area contributed by atoms with Gasteiger partial charge < -0.3 is 15.0 Å². The van der Waals surface area contributed by atoms with Gasteiger partial charge in [-0.3, -0.25) is 0 Å². The Morgan fingerprint density at radius 1 is 1.30 bits per heavy atom. The molecule has 0 radical (unpaired) electrons. The van der Waals surface area contributed by atoms with Crippen LogP contribution in [0.2, 0.25) is 0 Å². The molecule has 0 spiro atoms. The summed E-state index contributed by atoms with van der Waals surface area (Å²) in [6.07, 6.45) is 1.68.